The molecule has 0 radical (unpaired) electrons. The lowest BCUT2D eigenvalue weighted by Gasteiger charge is -2.24. The van der Waals surface area contributed by atoms with Crippen LogP contribution in [-0.4, -0.2) is 28.9 Å². The van der Waals surface area contributed by atoms with Crippen LogP contribution in [0.1, 0.15) is 48.7 Å². The van der Waals surface area contributed by atoms with Crippen LogP contribution in [0.3, 0.4) is 0 Å². The molecule has 1 amide bonds. The number of rotatable bonds is 5. The second-order valence-electron chi connectivity index (χ2n) is 7.71. The van der Waals surface area contributed by atoms with Gasteiger partial charge in [0, 0.05) is 6.42 Å². The highest BCUT2D eigenvalue weighted by molar-refractivity contribution is 5.76. The lowest BCUT2D eigenvalue weighted by Crippen LogP contribution is -2.38. The number of ether oxygens (including phenoxy) is 2. The molecule has 0 spiro atoms. The number of carbonyl (C=O) groups is 1. The fraction of sp³-hybridized carbons (Fsp3) is 0.455. The first-order valence-corrected chi connectivity index (χ1v) is 9.99. The van der Waals surface area contributed by atoms with Gasteiger partial charge in [-0.3, -0.25) is 9.59 Å². The average Bonchev–Trinajstić information content (AvgIpc) is 2.95. The quantitative estimate of drug-likeness (QED) is 0.811. The summed E-state index contributed by atoms with van der Waals surface area (Å²) in [5, 5.41) is 16.4. The molecule has 1 unspecified atom stereocenters. The van der Waals surface area contributed by atoms with Crippen molar-refractivity contribution in [3.8, 4) is 17.6 Å². The van der Waals surface area contributed by atoms with Crippen molar-refractivity contribution in [3.63, 3.8) is 0 Å². The van der Waals surface area contributed by atoms with E-state index < -0.39 is 5.56 Å². The third-order valence-electron chi connectivity index (χ3n) is 5.16. The summed E-state index contributed by atoms with van der Waals surface area (Å²) in [5.41, 5.74) is 1.42. The molecule has 30 heavy (non-hydrogen) atoms. The summed E-state index contributed by atoms with van der Waals surface area (Å²) in [6, 6.07) is 7.27. The van der Waals surface area contributed by atoms with E-state index in [4.69, 9.17) is 9.47 Å². The molecule has 1 aliphatic heterocycles. The summed E-state index contributed by atoms with van der Waals surface area (Å²) in [4.78, 5) is 25.2. The maximum absolute atomic E-state index is 12.7. The molecule has 1 aliphatic rings. The molecule has 2 aromatic rings. The van der Waals surface area contributed by atoms with E-state index in [9.17, 15) is 14.9 Å². The van der Waals surface area contributed by atoms with Gasteiger partial charge in [-0.1, -0.05) is 19.9 Å². The Labute approximate surface area is 175 Å². The van der Waals surface area contributed by atoms with Crippen molar-refractivity contribution in [2.45, 2.75) is 46.7 Å². The van der Waals surface area contributed by atoms with Crippen molar-refractivity contribution in [2.24, 2.45) is 5.92 Å². The third kappa shape index (κ3) is 4.46. The fourth-order valence-electron chi connectivity index (χ4n) is 3.37. The highest BCUT2D eigenvalue weighted by atomic mass is 16.5. The molecule has 0 bridgehead atoms. The lowest BCUT2D eigenvalue weighted by atomic mass is 9.95. The molecule has 1 aromatic carbocycles. The molecular weight excluding hydrogens is 384 g/mol. The van der Waals surface area contributed by atoms with Gasteiger partial charge in [-0.25, -0.2) is 4.68 Å². The number of aromatic nitrogens is 2. The van der Waals surface area contributed by atoms with Gasteiger partial charge in [0.25, 0.3) is 5.56 Å². The first-order chi connectivity index (χ1) is 14.3. The number of nitriles is 1. The Bertz CT molecular complexity index is 1050. The van der Waals surface area contributed by atoms with Gasteiger partial charge in [0.2, 0.25) is 5.91 Å². The number of nitrogens with zero attached hydrogens (tertiary/aromatic N) is 3. The van der Waals surface area contributed by atoms with Crippen LogP contribution in [0.15, 0.2) is 23.0 Å². The van der Waals surface area contributed by atoms with Crippen molar-refractivity contribution in [3.05, 3.63) is 50.9 Å². The number of fused-ring (bicyclic) bond motifs is 1. The summed E-state index contributed by atoms with van der Waals surface area (Å²) in [5.74, 6) is 1.09. The van der Waals surface area contributed by atoms with Crippen LogP contribution in [0.5, 0.6) is 11.5 Å². The molecule has 158 valence electrons. The zero-order valence-electron chi connectivity index (χ0n) is 17.7. The number of hydrogen-bond donors (Lipinski definition) is 1. The Morgan fingerprint density at radius 1 is 1.27 bits per heavy atom. The van der Waals surface area contributed by atoms with Gasteiger partial charge in [0.15, 0.2) is 11.5 Å². The molecule has 0 saturated heterocycles. The lowest BCUT2D eigenvalue weighted by molar-refractivity contribution is -0.123. The van der Waals surface area contributed by atoms with Crippen LogP contribution in [0.25, 0.3) is 0 Å². The van der Waals surface area contributed by atoms with Gasteiger partial charge >= 0.3 is 0 Å². The maximum Gasteiger partial charge on any atom is 0.285 e. The van der Waals surface area contributed by atoms with E-state index in [1.165, 1.54) is 0 Å². The van der Waals surface area contributed by atoms with E-state index in [0.29, 0.717) is 36.0 Å². The molecule has 8 nitrogen and oxygen atoms in total. The molecule has 1 atom stereocenters. The Morgan fingerprint density at radius 3 is 2.63 bits per heavy atom. The minimum Gasteiger partial charge on any atom is -0.490 e. The summed E-state index contributed by atoms with van der Waals surface area (Å²) < 4.78 is 12.5. The smallest absolute Gasteiger partial charge is 0.285 e. The molecular formula is C22H26N4O4. The number of benzene rings is 1. The van der Waals surface area contributed by atoms with E-state index in [2.05, 4.69) is 10.4 Å². The third-order valence-corrected chi connectivity index (χ3v) is 5.16. The van der Waals surface area contributed by atoms with Crippen molar-refractivity contribution in [2.75, 3.05) is 13.2 Å². The second-order valence-corrected chi connectivity index (χ2v) is 7.71. The van der Waals surface area contributed by atoms with Crippen LogP contribution in [0, 0.1) is 31.1 Å². The van der Waals surface area contributed by atoms with E-state index in [0.717, 1.165) is 16.7 Å². The first kappa shape index (κ1) is 21.4. The van der Waals surface area contributed by atoms with Crippen molar-refractivity contribution >= 4 is 5.91 Å². The summed E-state index contributed by atoms with van der Waals surface area (Å²) >= 11 is 0. The van der Waals surface area contributed by atoms with E-state index in [-0.39, 0.29) is 30.0 Å². The average molecular weight is 410 g/mol. The highest BCUT2D eigenvalue weighted by Gasteiger charge is 2.22. The van der Waals surface area contributed by atoms with Crippen LogP contribution >= 0.6 is 0 Å². The van der Waals surface area contributed by atoms with Crippen LogP contribution < -0.4 is 20.3 Å². The van der Waals surface area contributed by atoms with E-state index >= 15 is 0 Å². The zero-order chi connectivity index (χ0) is 21.8. The number of nitrogens with one attached hydrogen (secondary N) is 1. The molecule has 2 heterocycles. The molecule has 0 fully saturated rings. The Morgan fingerprint density at radius 2 is 1.97 bits per heavy atom. The zero-order valence-corrected chi connectivity index (χ0v) is 17.7. The fourth-order valence-corrected chi connectivity index (χ4v) is 3.37. The predicted octanol–water partition coefficient (Wildman–Crippen LogP) is 2.41. The van der Waals surface area contributed by atoms with Gasteiger partial charge in [-0.2, -0.15) is 10.4 Å². The monoisotopic (exact) mass is 410 g/mol. The van der Waals surface area contributed by atoms with Crippen molar-refractivity contribution < 1.29 is 14.3 Å². The van der Waals surface area contributed by atoms with Crippen molar-refractivity contribution in [1.82, 2.24) is 15.1 Å². The van der Waals surface area contributed by atoms with E-state index in [1.807, 2.05) is 38.1 Å². The SMILES string of the molecule is Cc1nn(CC(=O)NC(c2ccc3c(c2)OCCCO3)C(C)C)c(=O)c(C#N)c1C. The van der Waals surface area contributed by atoms with Gasteiger partial charge < -0.3 is 14.8 Å². The maximum atomic E-state index is 12.7. The molecule has 1 N–H and O–H groups in total. The number of carbonyl (C=O) groups excluding carboxylic acids is 1. The van der Waals surface area contributed by atoms with Crippen LogP contribution in [0.2, 0.25) is 0 Å². The van der Waals surface area contributed by atoms with Gasteiger partial charge in [-0.05, 0) is 43.0 Å². The topological polar surface area (TPSA) is 106 Å². The summed E-state index contributed by atoms with van der Waals surface area (Å²) in [6.45, 7) is 8.31. The van der Waals surface area contributed by atoms with E-state index in [1.54, 1.807) is 13.8 Å². The Kier molecular flexibility index (Phi) is 6.40. The number of amides is 1. The Hall–Kier alpha value is -3.34. The van der Waals surface area contributed by atoms with Crippen molar-refractivity contribution in [1.29, 1.82) is 5.26 Å². The molecule has 3 rings (SSSR count). The van der Waals surface area contributed by atoms with Crippen LogP contribution in [0.4, 0.5) is 0 Å². The van der Waals surface area contributed by atoms with Gasteiger partial charge in [0.05, 0.1) is 24.9 Å². The highest BCUT2D eigenvalue weighted by Crippen LogP contribution is 2.34. The largest absolute Gasteiger partial charge is 0.490 e. The standard InChI is InChI=1S/C22H26N4O4/c1-13(2)21(16-6-7-18-19(10-16)30-9-5-8-29-18)24-20(27)12-26-22(28)17(11-23)14(3)15(4)25-26/h6-7,10,13,21H,5,8-9,12H2,1-4H3,(H,24,27). The minimum absolute atomic E-state index is 0.0126. The number of hydrogen-bond acceptors (Lipinski definition) is 6. The first-order valence-electron chi connectivity index (χ1n) is 9.99. The van der Waals surface area contributed by atoms with Crippen LogP contribution in [-0.2, 0) is 11.3 Å². The van der Waals surface area contributed by atoms with Gasteiger partial charge in [0.1, 0.15) is 18.2 Å². The predicted molar refractivity (Wildman–Crippen MR) is 110 cm³/mol. The minimum atomic E-state index is -0.563. The number of aryl methyl sites for hydroxylation is 1. The van der Waals surface area contributed by atoms with Gasteiger partial charge in [-0.15, -0.1) is 0 Å². The normalized spacial score (nSPS) is 14.0. The summed E-state index contributed by atoms with van der Waals surface area (Å²) in [7, 11) is 0. The molecule has 1 aromatic heterocycles. The Balaban J connectivity index is 1.82. The second kappa shape index (κ2) is 8.99. The summed E-state index contributed by atoms with van der Waals surface area (Å²) in [6.07, 6.45) is 0.816. The molecule has 0 aliphatic carbocycles. The molecule has 0 saturated carbocycles. The molecule has 8 heteroatoms.